The number of amides is 1. The van der Waals surface area contributed by atoms with Gasteiger partial charge in [-0.15, -0.1) is 0 Å². The first-order valence-electron chi connectivity index (χ1n) is 7.06. The van der Waals surface area contributed by atoms with Gasteiger partial charge in [-0.1, -0.05) is 6.07 Å². The summed E-state index contributed by atoms with van der Waals surface area (Å²) in [4.78, 5) is 24.9. The maximum Gasteiger partial charge on any atom is 0.273 e. The number of benzene rings is 1. The van der Waals surface area contributed by atoms with E-state index in [1.54, 1.807) is 31.1 Å². The second-order valence-electron chi connectivity index (χ2n) is 5.42. The molecule has 114 valence electrons. The molecule has 1 atom stereocenters. The predicted octanol–water partition coefficient (Wildman–Crippen LogP) is 2.40. The van der Waals surface area contributed by atoms with Crippen LogP contribution in [0.4, 0.5) is 5.69 Å². The first kappa shape index (κ1) is 15.4. The highest BCUT2D eigenvalue weighted by Gasteiger charge is 2.27. The highest BCUT2D eigenvalue weighted by Crippen LogP contribution is 2.24. The molecule has 1 aliphatic heterocycles. The van der Waals surface area contributed by atoms with Crippen molar-refractivity contribution in [2.24, 2.45) is 5.92 Å². The number of rotatable bonds is 4. The molecule has 1 aromatic rings. The summed E-state index contributed by atoms with van der Waals surface area (Å²) in [6.45, 7) is 3.61. The number of piperidine rings is 1. The minimum absolute atomic E-state index is 0.00805. The molecule has 1 aliphatic rings. The number of likely N-dealkylation sites (tertiary alicyclic amines) is 1. The third-order valence-corrected chi connectivity index (χ3v) is 3.94. The zero-order chi connectivity index (χ0) is 15.4. The molecule has 1 heterocycles. The zero-order valence-electron chi connectivity index (χ0n) is 12.4. The molecule has 1 saturated heterocycles. The van der Waals surface area contributed by atoms with E-state index < -0.39 is 4.92 Å². The standard InChI is InChI=1S/C15H20N2O4/c1-11-13(6-3-7-14(11)17(19)20)15(18)16-8-4-5-12(9-16)10-21-2/h3,6-7,12H,4-5,8-10H2,1-2H3. The van der Waals surface area contributed by atoms with Crippen LogP contribution in [0.2, 0.25) is 0 Å². The molecule has 1 fully saturated rings. The summed E-state index contributed by atoms with van der Waals surface area (Å²) in [5.41, 5.74) is 0.843. The Kier molecular flexibility index (Phi) is 4.90. The minimum Gasteiger partial charge on any atom is -0.384 e. The molecule has 1 unspecified atom stereocenters. The van der Waals surface area contributed by atoms with Crippen LogP contribution in [0.1, 0.15) is 28.8 Å². The van der Waals surface area contributed by atoms with Gasteiger partial charge in [0.05, 0.1) is 11.5 Å². The van der Waals surface area contributed by atoms with Crippen LogP contribution in [-0.4, -0.2) is 42.5 Å². The second-order valence-corrected chi connectivity index (χ2v) is 5.42. The van der Waals surface area contributed by atoms with E-state index in [0.717, 1.165) is 12.8 Å². The number of carbonyl (C=O) groups is 1. The van der Waals surface area contributed by atoms with Crippen LogP contribution in [0.5, 0.6) is 0 Å². The van der Waals surface area contributed by atoms with Gasteiger partial charge in [0.15, 0.2) is 0 Å². The van der Waals surface area contributed by atoms with Crippen LogP contribution >= 0.6 is 0 Å². The fourth-order valence-corrected chi connectivity index (χ4v) is 2.84. The normalized spacial score (nSPS) is 18.6. The van der Waals surface area contributed by atoms with Gasteiger partial charge in [0.25, 0.3) is 11.6 Å². The maximum absolute atomic E-state index is 12.6. The smallest absolute Gasteiger partial charge is 0.273 e. The summed E-state index contributed by atoms with van der Waals surface area (Å²) in [7, 11) is 1.66. The molecule has 0 spiro atoms. The van der Waals surface area contributed by atoms with Crippen LogP contribution in [0.15, 0.2) is 18.2 Å². The van der Waals surface area contributed by atoms with Crippen molar-refractivity contribution in [3.63, 3.8) is 0 Å². The zero-order valence-corrected chi connectivity index (χ0v) is 12.4. The van der Waals surface area contributed by atoms with Crippen LogP contribution in [0, 0.1) is 23.0 Å². The number of carbonyl (C=O) groups excluding carboxylic acids is 1. The molecule has 0 saturated carbocycles. The molecule has 1 amide bonds. The first-order chi connectivity index (χ1) is 10.0. The Morgan fingerprint density at radius 3 is 2.95 bits per heavy atom. The minimum atomic E-state index is -0.448. The third kappa shape index (κ3) is 3.39. The first-order valence-corrected chi connectivity index (χ1v) is 7.06. The molecule has 0 aromatic heterocycles. The number of nitro groups is 1. The largest absolute Gasteiger partial charge is 0.384 e. The average Bonchev–Trinajstić information content (AvgIpc) is 2.47. The topological polar surface area (TPSA) is 72.7 Å². The predicted molar refractivity (Wildman–Crippen MR) is 78.3 cm³/mol. The van der Waals surface area contributed by atoms with Crippen molar-refractivity contribution < 1.29 is 14.5 Å². The highest BCUT2D eigenvalue weighted by atomic mass is 16.6. The Morgan fingerprint density at radius 2 is 2.29 bits per heavy atom. The van der Waals surface area contributed by atoms with E-state index in [1.807, 2.05) is 0 Å². The summed E-state index contributed by atoms with van der Waals surface area (Å²) in [6, 6.07) is 4.65. The van der Waals surface area contributed by atoms with Crippen LogP contribution < -0.4 is 0 Å². The van der Waals surface area contributed by atoms with Gasteiger partial charge in [0, 0.05) is 37.4 Å². The lowest BCUT2D eigenvalue weighted by Crippen LogP contribution is -2.41. The van der Waals surface area contributed by atoms with E-state index in [2.05, 4.69) is 0 Å². The summed E-state index contributed by atoms with van der Waals surface area (Å²) in [6.07, 6.45) is 1.99. The SMILES string of the molecule is COCC1CCCN(C(=O)c2cccc([N+](=O)[O-])c2C)C1. The van der Waals surface area contributed by atoms with Crippen molar-refractivity contribution in [3.05, 3.63) is 39.4 Å². The number of nitro benzene ring substituents is 1. The van der Waals surface area contributed by atoms with Crippen molar-refractivity contribution in [1.29, 1.82) is 0 Å². The van der Waals surface area contributed by atoms with Gasteiger partial charge in [-0.2, -0.15) is 0 Å². The van der Waals surface area contributed by atoms with E-state index in [-0.39, 0.29) is 11.6 Å². The summed E-state index contributed by atoms with van der Waals surface area (Å²) in [5.74, 6) is 0.212. The fourth-order valence-electron chi connectivity index (χ4n) is 2.84. The second kappa shape index (κ2) is 6.67. The molecule has 1 aromatic carbocycles. The molecule has 0 aliphatic carbocycles. The Morgan fingerprint density at radius 1 is 1.52 bits per heavy atom. The summed E-state index contributed by atoms with van der Waals surface area (Å²) >= 11 is 0. The third-order valence-electron chi connectivity index (χ3n) is 3.94. The maximum atomic E-state index is 12.6. The van der Waals surface area contributed by atoms with E-state index in [1.165, 1.54) is 6.07 Å². The van der Waals surface area contributed by atoms with Gasteiger partial charge in [-0.05, 0) is 31.7 Å². The number of nitrogens with zero attached hydrogens (tertiary/aromatic N) is 2. The Balaban J connectivity index is 2.20. The van der Waals surface area contributed by atoms with Crippen molar-refractivity contribution in [3.8, 4) is 0 Å². The van der Waals surface area contributed by atoms with Gasteiger partial charge in [0.2, 0.25) is 0 Å². The van der Waals surface area contributed by atoms with Gasteiger partial charge < -0.3 is 9.64 Å². The van der Waals surface area contributed by atoms with Gasteiger partial charge in [0.1, 0.15) is 0 Å². The molecule has 0 radical (unpaired) electrons. The van der Waals surface area contributed by atoms with Crippen molar-refractivity contribution in [2.75, 3.05) is 26.8 Å². The van der Waals surface area contributed by atoms with E-state index in [9.17, 15) is 14.9 Å². The Hall–Kier alpha value is -1.95. The number of hydrogen-bond acceptors (Lipinski definition) is 4. The van der Waals surface area contributed by atoms with Crippen molar-refractivity contribution in [1.82, 2.24) is 4.90 Å². The number of ether oxygens (including phenoxy) is 1. The fraction of sp³-hybridized carbons (Fsp3) is 0.533. The lowest BCUT2D eigenvalue weighted by Gasteiger charge is -2.32. The van der Waals surface area contributed by atoms with Gasteiger partial charge in [-0.3, -0.25) is 14.9 Å². The lowest BCUT2D eigenvalue weighted by atomic mass is 9.97. The molecular weight excluding hydrogens is 272 g/mol. The van der Waals surface area contributed by atoms with Gasteiger partial charge >= 0.3 is 0 Å². The quantitative estimate of drug-likeness (QED) is 0.631. The molecular formula is C15H20N2O4. The summed E-state index contributed by atoms with van der Waals surface area (Å²) in [5, 5.41) is 11.0. The highest BCUT2D eigenvalue weighted by molar-refractivity contribution is 5.96. The molecule has 0 N–H and O–H groups in total. The Labute approximate surface area is 123 Å². The Bertz CT molecular complexity index is 542. The molecule has 6 nitrogen and oxygen atoms in total. The molecule has 0 bridgehead atoms. The molecule has 2 rings (SSSR count). The number of hydrogen-bond donors (Lipinski definition) is 0. The lowest BCUT2D eigenvalue weighted by molar-refractivity contribution is -0.385. The van der Waals surface area contributed by atoms with Crippen LogP contribution in [0.3, 0.4) is 0 Å². The van der Waals surface area contributed by atoms with Crippen molar-refractivity contribution >= 4 is 11.6 Å². The van der Waals surface area contributed by atoms with E-state index >= 15 is 0 Å². The van der Waals surface area contributed by atoms with E-state index in [4.69, 9.17) is 4.74 Å². The van der Waals surface area contributed by atoms with E-state index in [0.29, 0.717) is 36.7 Å². The average molecular weight is 292 g/mol. The molecule has 6 heteroatoms. The van der Waals surface area contributed by atoms with Crippen LogP contribution in [0.25, 0.3) is 0 Å². The molecule has 21 heavy (non-hydrogen) atoms. The monoisotopic (exact) mass is 292 g/mol. The van der Waals surface area contributed by atoms with Crippen LogP contribution in [-0.2, 0) is 4.74 Å². The number of methoxy groups -OCH3 is 1. The van der Waals surface area contributed by atoms with Gasteiger partial charge in [-0.25, -0.2) is 0 Å². The van der Waals surface area contributed by atoms with Crippen molar-refractivity contribution in [2.45, 2.75) is 19.8 Å². The summed E-state index contributed by atoms with van der Waals surface area (Å²) < 4.78 is 5.16.